The summed E-state index contributed by atoms with van der Waals surface area (Å²) >= 11 is 0. The number of carbonyl (C=O) groups is 1. The van der Waals surface area contributed by atoms with Gasteiger partial charge in [-0.3, -0.25) is 19.8 Å². The van der Waals surface area contributed by atoms with Crippen LogP contribution in [0.25, 0.3) is 6.08 Å². The van der Waals surface area contributed by atoms with E-state index in [0.29, 0.717) is 12.0 Å². The van der Waals surface area contributed by atoms with Crippen molar-refractivity contribution in [3.63, 3.8) is 0 Å². The molecule has 22 heavy (non-hydrogen) atoms. The maximum Gasteiger partial charge on any atom is 0.270 e. The van der Waals surface area contributed by atoms with Gasteiger partial charge in [0.1, 0.15) is 0 Å². The number of benzene rings is 1. The first-order chi connectivity index (χ1) is 10.1. The Labute approximate surface area is 135 Å². The van der Waals surface area contributed by atoms with E-state index in [4.69, 9.17) is 4.74 Å². The Kier molecular flexibility index (Phi) is 7.73. The van der Waals surface area contributed by atoms with Crippen LogP contribution in [0.4, 0.5) is 5.69 Å². The predicted molar refractivity (Wildman–Crippen MR) is 86.3 cm³/mol. The summed E-state index contributed by atoms with van der Waals surface area (Å²) in [7, 11) is 0. The molecule has 7 heteroatoms. The molecule has 0 aromatic heterocycles. The zero-order chi connectivity index (χ0) is 15.1. The number of nitro groups is 1. The lowest BCUT2D eigenvalue weighted by molar-refractivity contribution is -0.384. The highest BCUT2D eigenvalue weighted by atomic mass is 35.5. The molecule has 2 rings (SSSR count). The van der Waals surface area contributed by atoms with E-state index in [1.165, 1.54) is 18.2 Å². The number of carbonyl (C=O) groups excluding carboxylic acids is 1. The molecule has 1 aliphatic rings. The van der Waals surface area contributed by atoms with Crippen LogP contribution in [-0.4, -0.2) is 48.5 Å². The molecule has 1 aromatic rings. The Morgan fingerprint density at radius 1 is 1.36 bits per heavy atom. The van der Waals surface area contributed by atoms with Gasteiger partial charge in [-0.1, -0.05) is 18.2 Å². The number of hydrogen-bond donors (Lipinski definition) is 0. The van der Waals surface area contributed by atoms with Gasteiger partial charge in [-0.15, -0.1) is 12.4 Å². The van der Waals surface area contributed by atoms with E-state index >= 15 is 0 Å². The Balaban J connectivity index is 0.00000242. The van der Waals surface area contributed by atoms with Gasteiger partial charge in [0.25, 0.3) is 5.69 Å². The standard InChI is InChI=1S/C15H18N2O4.ClH/c18-15(6-7-16-8-10-21-11-9-16)5-4-13-2-1-3-14(12-13)17(19)20;/h1-5,12H,6-11H2;1H/b5-4+;. The van der Waals surface area contributed by atoms with Gasteiger partial charge < -0.3 is 4.74 Å². The van der Waals surface area contributed by atoms with Crippen LogP contribution in [0.2, 0.25) is 0 Å². The first-order valence-electron chi connectivity index (χ1n) is 6.90. The molecule has 6 nitrogen and oxygen atoms in total. The average molecular weight is 327 g/mol. The summed E-state index contributed by atoms with van der Waals surface area (Å²) in [6.45, 7) is 3.89. The minimum atomic E-state index is -0.447. The lowest BCUT2D eigenvalue weighted by Gasteiger charge is -2.25. The van der Waals surface area contributed by atoms with Crippen LogP contribution in [0.1, 0.15) is 12.0 Å². The number of allylic oxidation sites excluding steroid dienone is 1. The fraction of sp³-hybridized carbons (Fsp3) is 0.400. The highest BCUT2D eigenvalue weighted by molar-refractivity contribution is 5.93. The number of nitro benzene ring substituents is 1. The third-order valence-corrected chi connectivity index (χ3v) is 3.32. The molecule has 0 atom stereocenters. The van der Waals surface area contributed by atoms with Crippen LogP contribution in [-0.2, 0) is 9.53 Å². The first-order valence-corrected chi connectivity index (χ1v) is 6.90. The Morgan fingerprint density at radius 3 is 2.77 bits per heavy atom. The second kappa shape index (κ2) is 9.30. The van der Waals surface area contributed by atoms with Gasteiger partial charge in [0.2, 0.25) is 0 Å². The van der Waals surface area contributed by atoms with E-state index in [9.17, 15) is 14.9 Å². The molecule has 0 N–H and O–H groups in total. The number of hydrogen-bond acceptors (Lipinski definition) is 5. The van der Waals surface area contributed by atoms with Crippen molar-refractivity contribution in [1.82, 2.24) is 4.90 Å². The summed E-state index contributed by atoms with van der Waals surface area (Å²) in [5.41, 5.74) is 0.682. The predicted octanol–water partition coefficient (Wildman–Crippen LogP) is 2.32. The lowest BCUT2D eigenvalue weighted by atomic mass is 10.1. The number of rotatable bonds is 6. The van der Waals surface area contributed by atoms with Gasteiger partial charge in [-0.2, -0.15) is 0 Å². The van der Waals surface area contributed by atoms with Crippen LogP contribution in [0.3, 0.4) is 0 Å². The van der Waals surface area contributed by atoms with Crippen LogP contribution in [0, 0.1) is 10.1 Å². The summed E-state index contributed by atoms with van der Waals surface area (Å²) in [5, 5.41) is 10.7. The van der Waals surface area contributed by atoms with Crippen LogP contribution in [0.15, 0.2) is 30.3 Å². The normalized spacial score (nSPS) is 15.5. The van der Waals surface area contributed by atoms with Gasteiger partial charge in [0.05, 0.1) is 18.1 Å². The number of non-ortho nitro benzene ring substituents is 1. The van der Waals surface area contributed by atoms with E-state index in [0.717, 1.165) is 32.8 Å². The molecule has 0 saturated carbocycles. The van der Waals surface area contributed by atoms with Gasteiger partial charge in [-0.25, -0.2) is 0 Å². The van der Waals surface area contributed by atoms with Gasteiger partial charge in [0.15, 0.2) is 5.78 Å². The molecule has 1 heterocycles. The van der Waals surface area contributed by atoms with Crippen molar-refractivity contribution in [2.45, 2.75) is 6.42 Å². The summed E-state index contributed by atoms with van der Waals surface area (Å²) in [6, 6.07) is 6.22. The second-order valence-electron chi connectivity index (χ2n) is 4.86. The molecule has 0 radical (unpaired) electrons. The number of morpholine rings is 1. The second-order valence-corrected chi connectivity index (χ2v) is 4.86. The summed E-state index contributed by atoms with van der Waals surface area (Å²) in [6.07, 6.45) is 3.56. The SMILES string of the molecule is Cl.O=C(/C=C/c1cccc([N+](=O)[O-])c1)CCN1CCOCC1. The van der Waals surface area contributed by atoms with Gasteiger partial charge in [0, 0.05) is 38.2 Å². The fourth-order valence-electron chi connectivity index (χ4n) is 2.11. The van der Waals surface area contributed by atoms with Gasteiger partial charge >= 0.3 is 0 Å². The molecule has 0 unspecified atom stereocenters. The summed E-state index contributed by atoms with van der Waals surface area (Å²) < 4.78 is 5.25. The van der Waals surface area contributed by atoms with Crippen molar-refractivity contribution >= 4 is 30.0 Å². The maximum absolute atomic E-state index is 11.8. The minimum Gasteiger partial charge on any atom is -0.379 e. The van der Waals surface area contributed by atoms with Crippen molar-refractivity contribution in [3.8, 4) is 0 Å². The molecule has 1 saturated heterocycles. The van der Waals surface area contributed by atoms with Crippen molar-refractivity contribution in [3.05, 3.63) is 46.0 Å². The minimum absolute atomic E-state index is 0. The van der Waals surface area contributed by atoms with Gasteiger partial charge in [-0.05, 0) is 11.6 Å². The molecule has 0 spiro atoms. The van der Waals surface area contributed by atoms with Crippen LogP contribution < -0.4 is 0 Å². The monoisotopic (exact) mass is 326 g/mol. The fourth-order valence-corrected chi connectivity index (χ4v) is 2.11. The number of halogens is 1. The van der Waals surface area contributed by atoms with E-state index in [2.05, 4.69) is 4.90 Å². The van der Waals surface area contributed by atoms with E-state index in [1.54, 1.807) is 18.2 Å². The van der Waals surface area contributed by atoms with E-state index in [1.807, 2.05) is 0 Å². The molecule has 0 aliphatic carbocycles. The third-order valence-electron chi connectivity index (χ3n) is 3.32. The highest BCUT2D eigenvalue weighted by Crippen LogP contribution is 2.14. The first kappa shape index (κ1) is 18.3. The molecule has 1 aromatic carbocycles. The summed E-state index contributed by atoms with van der Waals surface area (Å²) in [4.78, 5) is 24.2. The topological polar surface area (TPSA) is 72.7 Å². The van der Waals surface area contributed by atoms with Crippen molar-refractivity contribution in [1.29, 1.82) is 0 Å². The quantitative estimate of drug-likeness (QED) is 0.456. The van der Waals surface area contributed by atoms with E-state index < -0.39 is 4.92 Å². The maximum atomic E-state index is 11.8. The van der Waals surface area contributed by atoms with Crippen molar-refractivity contribution in [2.75, 3.05) is 32.8 Å². The summed E-state index contributed by atoms with van der Waals surface area (Å²) in [5.74, 6) is 0.0213. The average Bonchev–Trinajstić information content (AvgIpc) is 2.52. The molecular weight excluding hydrogens is 308 g/mol. The highest BCUT2D eigenvalue weighted by Gasteiger charge is 2.11. The lowest BCUT2D eigenvalue weighted by Crippen LogP contribution is -2.37. The molecule has 0 amide bonds. The molecule has 1 aliphatic heterocycles. The Hall–Kier alpha value is -1.76. The largest absolute Gasteiger partial charge is 0.379 e. The zero-order valence-corrected chi connectivity index (χ0v) is 13.0. The molecule has 1 fully saturated rings. The third kappa shape index (κ3) is 5.93. The molecule has 0 bridgehead atoms. The zero-order valence-electron chi connectivity index (χ0n) is 12.1. The smallest absolute Gasteiger partial charge is 0.270 e. The number of ketones is 1. The number of ether oxygens (including phenoxy) is 1. The van der Waals surface area contributed by atoms with Crippen molar-refractivity contribution in [2.24, 2.45) is 0 Å². The Bertz CT molecular complexity index is 542. The van der Waals surface area contributed by atoms with Crippen LogP contribution in [0.5, 0.6) is 0 Å². The van der Waals surface area contributed by atoms with E-state index in [-0.39, 0.29) is 23.9 Å². The molecule has 120 valence electrons. The molecular formula is C15H19ClN2O4. The number of nitrogens with zero attached hydrogens (tertiary/aromatic N) is 2. The Morgan fingerprint density at radius 2 is 2.09 bits per heavy atom. The van der Waals surface area contributed by atoms with Crippen molar-refractivity contribution < 1.29 is 14.5 Å². The van der Waals surface area contributed by atoms with Crippen LogP contribution >= 0.6 is 12.4 Å².